The van der Waals surface area contributed by atoms with Crippen LogP contribution in [0.25, 0.3) is 66.4 Å². The van der Waals surface area contributed by atoms with Crippen molar-refractivity contribution in [3.05, 3.63) is 224 Å². The first-order chi connectivity index (χ1) is 34.9. The standard InChI is InChI=1S/C69H67N.C2H6/c1-41(2)53-22-15-18-44(5)66(53)57-24-16-23-56(46(57)7)51-30-36-65-61(39-51)60-38-48(42(3)25-26-49-37-50-19-11-10-12-21-55(50)45(49)6)29-35-64(60)70(65)52-31-32-59-63(40-52)69(8,9)62-34-33-58(54-20-14-13-17-43(54)4)67(68(59)62)47-27-28-47;1-2/h10-13,15-18,21-26,29-36,38-42,47H,14,19-20,27-28,37H2,1-9H3;1-2H3/b26-25-;. The van der Waals surface area contributed by atoms with Gasteiger partial charge in [0.2, 0.25) is 0 Å². The zero-order valence-electron chi connectivity index (χ0n) is 44.9. The molecule has 6 aromatic carbocycles. The van der Waals surface area contributed by atoms with E-state index in [4.69, 9.17) is 0 Å². The third kappa shape index (κ3) is 7.90. The molecule has 1 heteroatoms. The first-order valence-electron chi connectivity index (χ1n) is 27.3. The van der Waals surface area contributed by atoms with Gasteiger partial charge in [0, 0.05) is 21.9 Å². The fraction of sp³-hybridized carbons (Fsp3) is 0.296. The lowest BCUT2D eigenvalue weighted by atomic mass is 9.79. The first-order valence-corrected chi connectivity index (χ1v) is 27.3. The van der Waals surface area contributed by atoms with Gasteiger partial charge in [-0.15, -0.1) is 0 Å². The van der Waals surface area contributed by atoms with Crippen molar-refractivity contribution < 1.29 is 0 Å². The van der Waals surface area contributed by atoms with Gasteiger partial charge in [-0.3, -0.25) is 0 Å². The van der Waals surface area contributed by atoms with Gasteiger partial charge < -0.3 is 4.57 Å². The molecule has 72 heavy (non-hydrogen) atoms. The van der Waals surface area contributed by atoms with E-state index >= 15 is 0 Å². The molecule has 5 aliphatic rings. The summed E-state index contributed by atoms with van der Waals surface area (Å²) in [6, 6.07) is 40.7. The molecule has 1 heterocycles. The van der Waals surface area contributed by atoms with Gasteiger partial charge in [-0.1, -0.05) is 169 Å². The molecule has 1 unspecified atom stereocenters. The molecule has 0 N–H and O–H groups in total. The molecule has 0 amide bonds. The SMILES string of the molecule is CC.CC1=C(c2ccc3c(c2C2CC2)-c2ccc(-n4c5ccc(-c6cccc(-c7c(C)cccc7C(C)C)c6C)cc5c5cc(C(C)/C=C\C6=C(C)C7=C(CC=CC=C7)C6)ccc54)cc2C3(C)C)CCC=C1. The summed E-state index contributed by atoms with van der Waals surface area (Å²) in [5, 5.41) is 2.60. The minimum Gasteiger partial charge on any atom is -0.309 e. The lowest BCUT2D eigenvalue weighted by molar-refractivity contribution is 0.659. The van der Waals surface area contributed by atoms with Crippen molar-refractivity contribution in [1.82, 2.24) is 4.57 Å². The van der Waals surface area contributed by atoms with Crippen molar-refractivity contribution in [3.8, 4) is 39.1 Å². The molecule has 1 nitrogen and oxygen atoms in total. The van der Waals surface area contributed by atoms with Crippen molar-refractivity contribution in [2.75, 3.05) is 0 Å². The second-order valence-electron chi connectivity index (χ2n) is 22.2. The van der Waals surface area contributed by atoms with Gasteiger partial charge in [0.25, 0.3) is 0 Å². The van der Waals surface area contributed by atoms with Crippen molar-refractivity contribution in [2.45, 2.75) is 138 Å². The van der Waals surface area contributed by atoms with Crippen LogP contribution in [0.4, 0.5) is 0 Å². The van der Waals surface area contributed by atoms with Gasteiger partial charge in [-0.25, -0.2) is 0 Å². The van der Waals surface area contributed by atoms with E-state index in [0.717, 1.165) is 25.7 Å². The molecular formula is C71H73N. The van der Waals surface area contributed by atoms with Crippen LogP contribution in [0.3, 0.4) is 0 Å². The molecule has 1 fully saturated rings. The van der Waals surface area contributed by atoms with Crippen LogP contribution in [0, 0.1) is 13.8 Å². The van der Waals surface area contributed by atoms with E-state index in [9.17, 15) is 0 Å². The summed E-state index contributed by atoms with van der Waals surface area (Å²) in [7, 11) is 0. The van der Waals surface area contributed by atoms with Crippen molar-refractivity contribution in [3.63, 3.8) is 0 Å². The Kier molecular flexibility index (Phi) is 12.4. The summed E-state index contributed by atoms with van der Waals surface area (Å²) >= 11 is 0. The average Bonchev–Trinajstić information content (AvgIpc) is 4.13. The molecule has 0 spiro atoms. The van der Waals surface area contributed by atoms with Crippen molar-refractivity contribution >= 4 is 27.4 Å². The molecule has 1 aromatic heterocycles. The highest BCUT2D eigenvalue weighted by Gasteiger charge is 2.41. The van der Waals surface area contributed by atoms with E-state index in [1.165, 1.54) is 141 Å². The normalized spacial score (nSPS) is 17.3. The van der Waals surface area contributed by atoms with E-state index in [2.05, 4.69) is 219 Å². The van der Waals surface area contributed by atoms with Gasteiger partial charge in [0.15, 0.2) is 0 Å². The van der Waals surface area contributed by atoms with E-state index in [1.807, 2.05) is 13.8 Å². The number of rotatable bonds is 9. The highest BCUT2D eigenvalue weighted by molar-refractivity contribution is 6.11. The zero-order chi connectivity index (χ0) is 50.2. The Labute approximate surface area is 430 Å². The van der Waals surface area contributed by atoms with Crippen LogP contribution in [-0.4, -0.2) is 4.57 Å². The maximum absolute atomic E-state index is 2.56. The van der Waals surface area contributed by atoms with Crippen LogP contribution in [0.2, 0.25) is 0 Å². The Hall–Kier alpha value is -6.70. The van der Waals surface area contributed by atoms with Crippen LogP contribution in [-0.2, 0) is 5.41 Å². The van der Waals surface area contributed by atoms with Gasteiger partial charge in [0.1, 0.15) is 0 Å². The number of nitrogens with zero attached hydrogens (tertiary/aromatic N) is 1. The number of allylic oxidation sites excluding steroid dienone is 14. The summed E-state index contributed by atoms with van der Waals surface area (Å²) in [6.07, 6.45) is 25.4. The molecule has 1 atom stereocenters. The Morgan fingerprint density at radius 1 is 0.681 bits per heavy atom. The maximum Gasteiger partial charge on any atom is 0.0541 e. The molecule has 0 radical (unpaired) electrons. The number of fused-ring (bicyclic) bond motifs is 6. The zero-order valence-corrected chi connectivity index (χ0v) is 44.9. The summed E-state index contributed by atoms with van der Waals surface area (Å²) < 4.78 is 2.56. The van der Waals surface area contributed by atoms with E-state index in [0.29, 0.717) is 11.8 Å². The molecule has 5 aliphatic carbocycles. The summed E-state index contributed by atoms with van der Waals surface area (Å²) in [5.41, 5.74) is 32.1. The lowest BCUT2D eigenvalue weighted by Crippen LogP contribution is -2.16. The highest BCUT2D eigenvalue weighted by atomic mass is 15.0. The minimum absolute atomic E-state index is 0.122. The second-order valence-corrected chi connectivity index (χ2v) is 22.2. The molecule has 0 saturated heterocycles. The number of hydrogen-bond donors (Lipinski definition) is 0. The number of hydrogen-bond acceptors (Lipinski definition) is 0. The predicted molar refractivity (Wildman–Crippen MR) is 312 cm³/mol. The van der Waals surface area contributed by atoms with E-state index < -0.39 is 0 Å². The van der Waals surface area contributed by atoms with E-state index in [1.54, 1.807) is 11.1 Å². The molecule has 362 valence electrons. The lowest BCUT2D eigenvalue weighted by Gasteiger charge is -2.24. The maximum atomic E-state index is 2.56. The molecule has 1 saturated carbocycles. The Morgan fingerprint density at radius 2 is 1.43 bits per heavy atom. The van der Waals surface area contributed by atoms with Gasteiger partial charge in [0.05, 0.1) is 11.0 Å². The Bertz CT molecular complexity index is 3590. The first kappa shape index (κ1) is 47.6. The largest absolute Gasteiger partial charge is 0.309 e. The third-order valence-corrected chi connectivity index (χ3v) is 17.1. The Balaban J connectivity index is 0.00000277. The number of aryl methyl sites for hydroxylation is 1. The number of aromatic nitrogens is 1. The van der Waals surface area contributed by atoms with Gasteiger partial charge in [-0.2, -0.15) is 0 Å². The topological polar surface area (TPSA) is 4.93 Å². The molecule has 0 bridgehead atoms. The van der Waals surface area contributed by atoms with Crippen LogP contribution in [0.1, 0.15) is 163 Å². The van der Waals surface area contributed by atoms with Crippen LogP contribution >= 0.6 is 0 Å². The Morgan fingerprint density at radius 3 is 2.21 bits per heavy atom. The number of benzene rings is 6. The van der Waals surface area contributed by atoms with Gasteiger partial charge in [-0.05, 0) is 226 Å². The smallest absolute Gasteiger partial charge is 0.0541 e. The van der Waals surface area contributed by atoms with Gasteiger partial charge >= 0.3 is 0 Å². The van der Waals surface area contributed by atoms with E-state index in [-0.39, 0.29) is 11.3 Å². The fourth-order valence-electron chi connectivity index (χ4n) is 13.0. The second kappa shape index (κ2) is 18.7. The summed E-state index contributed by atoms with van der Waals surface area (Å²) in [5.74, 6) is 1.33. The third-order valence-electron chi connectivity index (χ3n) is 17.1. The van der Waals surface area contributed by atoms with Crippen molar-refractivity contribution in [1.29, 1.82) is 0 Å². The predicted octanol–water partition coefficient (Wildman–Crippen LogP) is 20.4. The molecule has 12 rings (SSSR count). The highest BCUT2D eigenvalue weighted by Crippen LogP contribution is 2.57. The van der Waals surface area contributed by atoms with Crippen LogP contribution in [0.5, 0.6) is 0 Å². The quantitative estimate of drug-likeness (QED) is 0.136. The molecule has 7 aromatic rings. The summed E-state index contributed by atoms with van der Waals surface area (Å²) in [4.78, 5) is 0. The molecule has 0 aliphatic heterocycles. The van der Waals surface area contributed by atoms with Crippen molar-refractivity contribution in [2.24, 2.45) is 0 Å². The monoisotopic (exact) mass is 940 g/mol. The van der Waals surface area contributed by atoms with Crippen LogP contribution < -0.4 is 0 Å². The van der Waals surface area contributed by atoms with Crippen LogP contribution in [0.15, 0.2) is 180 Å². The molecular weight excluding hydrogens is 867 g/mol. The summed E-state index contributed by atoms with van der Waals surface area (Å²) in [6.45, 7) is 25.1. The average molecular weight is 940 g/mol. The fourth-order valence-corrected chi connectivity index (χ4v) is 13.0. The minimum atomic E-state index is -0.122.